The highest BCUT2D eigenvalue weighted by molar-refractivity contribution is 6.00. The fraction of sp³-hybridized carbons (Fsp3) is 0.656. The molecule has 38 heteroatoms. The normalized spacial score (nSPS) is 14.7. The summed E-state index contributed by atoms with van der Waals surface area (Å²) in [6, 6.07) is -11.7. The highest BCUT2D eigenvalue weighted by atomic mass is 16.4. The van der Waals surface area contributed by atoms with E-state index in [1.165, 1.54) is 0 Å². The fourth-order valence-electron chi connectivity index (χ4n) is 9.59. The van der Waals surface area contributed by atoms with Gasteiger partial charge >= 0.3 is 17.9 Å². The summed E-state index contributed by atoms with van der Waals surface area (Å²) in [4.78, 5) is 199. The van der Waals surface area contributed by atoms with E-state index in [0.29, 0.717) is 37.8 Å². The van der Waals surface area contributed by atoms with Crippen LogP contribution in [-0.4, -0.2) is 238 Å². The third kappa shape index (κ3) is 35.3. The first-order valence-electron chi connectivity index (χ1n) is 32.6. The molecule has 38 nitrogen and oxygen atoms in total. The predicted octanol–water partition coefficient (Wildman–Crippen LogP) is -8.27. The third-order valence-electron chi connectivity index (χ3n) is 15.1. The van der Waals surface area contributed by atoms with Crippen LogP contribution in [0, 0.1) is 5.92 Å². The smallest absolute Gasteiger partial charge is 0.326 e. The maximum atomic E-state index is 14.3. The van der Waals surface area contributed by atoms with Crippen molar-refractivity contribution >= 4 is 88.8 Å². The molecule has 0 saturated carbocycles. The number of amides is 12. The number of nitrogens with two attached hydrogens (primary N) is 6. The van der Waals surface area contributed by atoms with Crippen LogP contribution in [0.4, 0.5) is 0 Å². The minimum absolute atomic E-state index is 0.0746. The summed E-state index contributed by atoms with van der Waals surface area (Å²) >= 11 is 0. The molecule has 0 saturated heterocycles. The van der Waals surface area contributed by atoms with Crippen LogP contribution < -0.4 is 92.9 Å². The Labute approximate surface area is 572 Å². The second-order valence-corrected chi connectivity index (χ2v) is 23.8. The summed E-state index contributed by atoms with van der Waals surface area (Å²) in [5.74, 6) is -18.5. The van der Waals surface area contributed by atoms with Gasteiger partial charge in [0, 0.05) is 12.8 Å². The van der Waals surface area contributed by atoms with Gasteiger partial charge in [-0.15, -0.1) is 0 Å². The van der Waals surface area contributed by atoms with Gasteiger partial charge in [0.2, 0.25) is 70.9 Å². The fourth-order valence-corrected chi connectivity index (χ4v) is 9.59. The molecule has 1 aromatic carbocycles. The van der Waals surface area contributed by atoms with Gasteiger partial charge in [0.1, 0.15) is 66.5 Å². The van der Waals surface area contributed by atoms with Crippen LogP contribution in [0.5, 0.6) is 0 Å². The van der Waals surface area contributed by atoms with Gasteiger partial charge < -0.3 is 124 Å². The topological polar surface area (TPSA) is 666 Å². The van der Waals surface area contributed by atoms with Crippen molar-refractivity contribution < 1.29 is 103 Å². The molecule has 12 atom stereocenters. The van der Waals surface area contributed by atoms with E-state index in [0.717, 1.165) is 0 Å². The number of primary amides is 1. The lowest BCUT2D eigenvalue weighted by atomic mass is 10.0. The van der Waals surface area contributed by atoms with Gasteiger partial charge in [-0.1, -0.05) is 50.6 Å². The summed E-state index contributed by atoms with van der Waals surface area (Å²) < 4.78 is 0. The molecule has 0 spiro atoms. The molecular formula is C61H103N17O21. The molecule has 0 bridgehead atoms. The molecule has 0 aliphatic rings. The van der Waals surface area contributed by atoms with Crippen molar-refractivity contribution in [3.05, 3.63) is 35.9 Å². The van der Waals surface area contributed by atoms with E-state index in [1.807, 2.05) is 0 Å². The molecule has 0 fully saturated rings. The molecule has 0 aliphatic carbocycles. The van der Waals surface area contributed by atoms with E-state index < -0.39 is 213 Å². The second kappa shape index (κ2) is 48.6. The zero-order valence-corrected chi connectivity index (χ0v) is 55.8. The molecule has 0 aromatic heterocycles. The van der Waals surface area contributed by atoms with Crippen molar-refractivity contribution in [3.8, 4) is 0 Å². The Balaban J connectivity index is 3.48. The van der Waals surface area contributed by atoms with Crippen molar-refractivity contribution in [2.45, 2.75) is 202 Å². The number of carboxylic acid groups (broad SMARTS) is 3. The summed E-state index contributed by atoms with van der Waals surface area (Å²) in [5.41, 5.74) is 34.4. The minimum atomic E-state index is -2.02. The van der Waals surface area contributed by atoms with Crippen LogP contribution in [0.1, 0.15) is 129 Å². The number of carbonyl (C=O) groups is 15. The van der Waals surface area contributed by atoms with Crippen molar-refractivity contribution in [1.29, 1.82) is 0 Å². The number of aliphatic hydroxyl groups is 3. The highest BCUT2D eigenvalue weighted by Crippen LogP contribution is 2.13. The van der Waals surface area contributed by atoms with Crippen LogP contribution in [0.2, 0.25) is 0 Å². The second-order valence-electron chi connectivity index (χ2n) is 23.8. The van der Waals surface area contributed by atoms with Crippen molar-refractivity contribution in [1.82, 2.24) is 58.5 Å². The lowest BCUT2D eigenvalue weighted by Gasteiger charge is -2.28. The molecular weight excluding hydrogens is 1310 g/mol. The van der Waals surface area contributed by atoms with Crippen LogP contribution in [0.15, 0.2) is 30.3 Å². The third-order valence-corrected chi connectivity index (χ3v) is 15.1. The number of rotatable bonds is 53. The maximum absolute atomic E-state index is 14.3. The van der Waals surface area contributed by atoms with E-state index in [2.05, 4.69) is 58.5 Å². The number of hydrogen-bond acceptors (Lipinski definition) is 23. The summed E-state index contributed by atoms with van der Waals surface area (Å²) in [6.07, 6.45) is -1.41. The number of hydrogen-bond donors (Lipinski definition) is 23. The number of benzene rings is 1. The highest BCUT2D eigenvalue weighted by Gasteiger charge is 2.38. The van der Waals surface area contributed by atoms with Crippen LogP contribution >= 0.6 is 0 Å². The Kier molecular flexibility index (Phi) is 43.2. The molecule has 558 valence electrons. The lowest BCUT2D eigenvalue weighted by Crippen LogP contribution is -2.62. The summed E-state index contributed by atoms with van der Waals surface area (Å²) in [7, 11) is 0. The maximum Gasteiger partial charge on any atom is 0.326 e. The van der Waals surface area contributed by atoms with Gasteiger partial charge in [-0.05, 0) is 121 Å². The van der Waals surface area contributed by atoms with Gasteiger partial charge in [0.05, 0.1) is 38.7 Å². The van der Waals surface area contributed by atoms with Crippen molar-refractivity contribution in [3.63, 3.8) is 0 Å². The van der Waals surface area contributed by atoms with Gasteiger partial charge in [0.15, 0.2) is 0 Å². The molecule has 1 rings (SSSR count). The number of carbonyl (C=O) groups excluding carboxylic acids is 12. The van der Waals surface area contributed by atoms with Gasteiger partial charge in [-0.2, -0.15) is 0 Å². The minimum Gasteiger partial charge on any atom is -0.481 e. The van der Waals surface area contributed by atoms with Crippen molar-refractivity contribution in [2.24, 2.45) is 40.3 Å². The van der Waals surface area contributed by atoms with Crippen molar-refractivity contribution in [2.75, 3.05) is 46.0 Å². The van der Waals surface area contributed by atoms with Gasteiger partial charge in [0.25, 0.3) is 0 Å². The largest absolute Gasteiger partial charge is 0.481 e. The first kappa shape index (κ1) is 88.0. The SMILES string of the molecule is CC(C)C[C@H](NC(=O)[C@H](CC(=O)O)NC(=O)[C@H](CCCCN)NC(=O)[C@H](CO)NC(=O)[C@H](CO)NC(=O)[C@H](CC(N)=O)NC(=O)[C@H](CCC(=O)O)NC(=O)[C@@H](N)CCCCN)C(=O)N[C@@H](CCCCN)C(=O)N[C@@H](CCCCN)C(=O)N[C@@H](CO)C(=O)N[C@@H](Cc1ccccc1)C(=O)O. The number of aliphatic carboxylic acids is 3. The Bertz CT molecular complexity index is 2810. The van der Waals surface area contributed by atoms with Crippen LogP contribution in [0.25, 0.3) is 0 Å². The standard InChI is InChI=1S/C61H103N17O21/c1-33(2)26-40(55(92)70-36(17-7-11-23-63)51(88)69-38(19-9-13-25-65)53(90)76-45(31-80)59(96)75-43(61(98)99)27-34-14-4-3-5-15-34)72-57(94)42(29-49(85)86)74-52(89)37(18-8-12-24-64)71-58(95)44(30-79)78-60(97)46(32-81)77-56(93)41(28-47(67)82)73-54(91)39(20-21-48(83)84)68-50(87)35(66)16-6-10-22-62/h3-5,14-15,33,35-46,79-81H,6-13,16-32,62-66H2,1-2H3,(H2,67,82)(H,68,87)(H,69,88)(H,70,92)(H,71,95)(H,72,94)(H,73,91)(H,74,89)(H,75,96)(H,76,90)(H,77,93)(H,78,97)(H,83,84)(H,85,86)(H,98,99)/t35-,36-,37-,38-,39-,40-,41-,42-,43-,44-,45-,46-/m0/s1. The Hall–Kier alpha value is -9.05. The predicted molar refractivity (Wildman–Crippen MR) is 352 cm³/mol. The molecule has 1 aromatic rings. The summed E-state index contributed by atoms with van der Waals surface area (Å²) in [5, 5.41) is 85.2. The molecule has 29 N–H and O–H groups in total. The van der Waals surface area contributed by atoms with Gasteiger partial charge in [-0.25, -0.2) is 4.79 Å². The zero-order valence-electron chi connectivity index (χ0n) is 55.8. The molecule has 0 unspecified atom stereocenters. The zero-order chi connectivity index (χ0) is 74.7. The average Bonchev–Trinajstić information content (AvgIpc) is 0.872. The molecule has 0 heterocycles. The number of carboxylic acids is 3. The molecule has 0 aliphatic heterocycles. The molecule has 12 amide bonds. The lowest BCUT2D eigenvalue weighted by molar-refractivity contribution is -0.142. The first-order chi connectivity index (χ1) is 46.9. The number of unbranched alkanes of at least 4 members (excludes halogenated alkanes) is 4. The van der Waals surface area contributed by atoms with E-state index in [9.17, 15) is 103 Å². The Morgan fingerprint density at radius 2 is 0.667 bits per heavy atom. The monoisotopic (exact) mass is 1410 g/mol. The summed E-state index contributed by atoms with van der Waals surface area (Å²) in [6.45, 7) is 0.586. The van der Waals surface area contributed by atoms with E-state index in [1.54, 1.807) is 44.2 Å². The van der Waals surface area contributed by atoms with E-state index in [4.69, 9.17) is 34.4 Å². The van der Waals surface area contributed by atoms with E-state index in [-0.39, 0.29) is 83.8 Å². The Morgan fingerprint density at radius 3 is 1.01 bits per heavy atom. The van der Waals surface area contributed by atoms with Crippen LogP contribution in [-0.2, 0) is 78.3 Å². The average molecular weight is 1410 g/mol. The molecule has 0 radical (unpaired) electrons. The molecule has 99 heavy (non-hydrogen) atoms. The van der Waals surface area contributed by atoms with E-state index >= 15 is 0 Å². The number of aliphatic hydroxyl groups excluding tert-OH is 3. The van der Waals surface area contributed by atoms with Crippen LogP contribution in [0.3, 0.4) is 0 Å². The number of nitrogens with one attached hydrogen (secondary N) is 11. The quantitative estimate of drug-likeness (QED) is 0.0269. The first-order valence-corrected chi connectivity index (χ1v) is 32.6. The Morgan fingerprint density at radius 1 is 0.364 bits per heavy atom. The van der Waals surface area contributed by atoms with Gasteiger partial charge in [-0.3, -0.25) is 67.1 Å².